The molecule has 0 bridgehead atoms. The molecule has 0 saturated carbocycles. The zero-order valence-electron chi connectivity index (χ0n) is 18.8. The summed E-state index contributed by atoms with van der Waals surface area (Å²) < 4.78 is 15.3. The number of rotatable bonds is 7. The Morgan fingerprint density at radius 1 is 1.08 bits per heavy atom. The number of nitrogens with one attached hydrogen (secondary N) is 2. The summed E-state index contributed by atoms with van der Waals surface area (Å²) in [4.78, 5) is 32.0. The number of anilines is 1. The quantitative estimate of drug-likeness (QED) is 0.383. The van der Waals surface area contributed by atoms with Crippen LogP contribution in [-0.4, -0.2) is 40.4 Å². The third-order valence-corrected chi connectivity index (χ3v) is 5.59. The van der Waals surface area contributed by atoms with E-state index in [1.54, 1.807) is 42.5 Å². The van der Waals surface area contributed by atoms with Crippen molar-refractivity contribution in [1.82, 2.24) is 15.4 Å². The summed E-state index contributed by atoms with van der Waals surface area (Å²) in [5.74, 6) is 0.550. The average Bonchev–Trinajstić information content (AvgIpc) is 3.60. The predicted molar refractivity (Wildman–Crippen MR) is 131 cm³/mol. The maximum atomic E-state index is 13.4. The molecule has 5 rings (SSSR count). The number of furan rings is 1. The fourth-order valence-electron chi connectivity index (χ4n) is 3.52. The van der Waals surface area contributed by atoms with Gasteiger partial charge in [-0.2, -0.15) is 0 Å². The molecule has 182 valence electrons. The van der Waals surface area contributed by atoms with Crippen molar-refractivity contribution in [2.45, 2.75) is 12.6 Å². The summed E-state index contributed by atoms with van der Waals surface area (Å²) in [5, 5.41) is 10.2. The Morgan fingerprint density at radius 3 is 2.58 bits per heavy atom. The van der Waals surface area contributed by atoms with Crippen LogP contribution in [0.25, 0.3) is 0 Å². The van der Waals surface area contributed by atoms with Gasteiger partial charge in [0.05, 0.1) is 24.9 Å². The normalized spacial score (nSPS) is 15.4. The number of aliphatic imine (C=N–C) groups is 1. The first-order valence-corrected chi connectivity index (χ1v) is 11.3. The van der Waals surface area contributed by atoms with Crippen molar-refractivity contribution in [1.29, 1.82) is 0 Å². The van der Waals surface area contributed by atoms with E-state index in [0.717, 1.165) is 5.56 Å². The highest BCUT2D eigenvalue weighted by atomic mass is 35.5. The SMILES string of the molecule is O=C(NC1CN=C(Nc2ccc(Oc3ccon3)cc2)N(Cc2ccc(Cl)cc2)C1=O)c1ccoc1. The number of carbonyl (C=O) groups is 2. The second-order valence-corrected chi connectivity index (χ2v) is 8.28. The first-order valence-electron chi connectivity index (χ1n) is 10.9. The molecule has 10 nitrogen and oxygen atoms in total. The minimum atomic E-state index is -0.830. The first-order chi connectivity index (χ1) is 17.5. The standard InChI is InChI=1S/C25H20ClN5O5/c26-18-3-1-16(2-4-18)14-31-24(33)21(29-23(32)17-9-11-34-15-17)13-27-25(31)28-19-5-7-20(8-6-19)36-22-10-12-35-30-22/h1-12,15,21H,13-14H2,(H,27,28)(H,29,32). The van der Waals surface area contributed by atoms with Gasteiger partial charge in [0.25, 0.3) is 17.7 Å². The molecule has 0 spiro atoms. The van der Waals surface area contributed by atoms with Crippen LogP contribution in [0.5, 0.6) is 11.6 Å². The Bertz CT molecular complexity index is 1350. The van der Waals surface area contributed by atoms with Gasteiger partial charge in [0.2, 0.25) is 5.96 Å². The molecular weight excluding hydrogens is 486 g/mol. The Morgan fingerprint density at radius 2 is 1.89 bits per heavy atom. The number of hydrogen-bond donors (Lipinski definition) is 2. The van der Waals surface area contributed by atoms with Crippen molar-refractivity contribution < 1.29 is 23.3 Å². The Hall–Kier alpha value is -4.57. The number of guanidine groups is 1. The van der Waals surface area contributed by atoms with E-state index in [-0.39, 0.29) is 19.0 Å². The van der Waals surface area contributed by atoms with Crippen molar-refractivity contribution in [2.24, 2.45) is 4.99 Å². The monoisotopic (exact) mass is 505 g/mol. The van der Waals surface area contributed by atoms with E-state index in [1.807, 2.05) is 12.1 Å². The lowest BCUT2D eigenvalue weighted by Crippen LogP contribution is -2.56. The van der Waals surface area contributed by atoms with Gasteiger partial charge in [0.15, 0.2) is 0 Å². The second-order valence-electron chi connectivity index (χ2n) is 7.84. The lowest BCUT2D eigenvalue weighted by Gasteiger charge is -2.32. The molecule has 0 radical (unpaired) electrons. The lowest BCUT2D eigenvalue weighted by molar-refractivity contribution is -0.130. The van der Waals surface area contributed by atoms with E-state index in [0.29, 0.717) is 33.9 Å². The van der Waals surface area contributed by atoms with Crippen LogP contribution in [-0.2, 0) is 11.3 Å². The topological polar surface area (TPSA) is 122 Å². The molecular formula is C25H20ClN5O5. The van der Waals surface area contributed by atoms with E-state index in [9.17, 15) is 9.59 Å². The number of hydrogen-bond acceptors (Lipinski definition) is 8. The van der Waals surface area contributed by atoms with E-state index in [1.165, 1.54) is 29.8 Å². The first kappa shape index (κ1) is 23.2. The molecule has 11 heteroatoms. The maximum absolute atomic E-state index is 13.4. The highest BCUT2D eigenvalue weighted by Crippen LogP contribution is 2.23. The van der Waals surface area contributed by atoms with Gasteiger partial charge in [-0.15, -0.1) is 0 Å². The van der Waals surface area contributed by atoms with Crippen LogP contribution in [0.1, 0.15) is 15.9 Å². The zero-order valence-corrected chi connectivity index (χ0v) is 19.5. The summed E-state index contributed by atoms with van der Waals surface area (Å²) in [7, 11) is 0. The molecule has 3 heterocycles. The smallest absolute Gasteiger partial charge is 0.259 e. The van der Waals surface area contributed by atoms with Crippen molar-refractivity contribution >= 4 is 35.1 Å². The van der Waals surface area contributed by atoms with Gasteiger partial charge in [-0.25, -0.2) is 4.99 Å². The van der Waals surface area contributed by atoms with Crippen LogP contribution in [0.15, 0.2) is 93.4 Å². The third kappa shape index (κ3) is 5.39. The number of carbonyl (C=O) groups excluding carboxylic acids is 2. The molecule has 2 aromatic heterocycles. The molecule has 2 aromatic carbocycles. The molecule has 1 aliphatic heterocycles. The number of benzene rings is 2. The summed E-state index contributed by atoms with van der Waals surface area (Å²) in [6.07, 6.45) is 4.14. The van der Waals surface area contributed by atoms with Crippen LogP contribution in [0.4, 0.5) is 5.69 Å². The van der Waals surface area contributed by atoms with E-state index in [2.05, 4.69) is 20.8 Å². The van der Waals surface area contributed by atoms with Crippen molar-refractivity contribution in [3.8, 4) is 11.6 Å². The van der Waals surface area contributed by atoms with Crippen LogP contribution in [0.3, 0.4) is 0 Å². The van der Waals surface area contributed by atoms with Crippen LogP contribution in [0, 0.1) is 0 Å². The molecule has 1 aliphatic rings. The van der Waals surface area contributed by atoms with E-state index >= 15 is 0 Å². The molecule has 1 unspecified atom stereocenters. The highest BCUT2D eigenvalue weighted by Gasteiger charge is 2.33. The van der Waals surface area contributed by atoms with E-state index < -0.39 is 11.9 Å². The highest BCUT2D eigenvalue weighted by molar-refractivity contribution is 6.30. The molecule has 0 saturated heterocycles. The van der Waals surface area contributed by atoms with Gasteiger partial charge in [-0.3, -0.25) is 14.5 Å². The number of ether oxygens (including phenoxy) is 1. The number of halogens is 1. The van der Waals surface area contributed by atoms with Gasteiger partial charge in [-0.05, 0) is 53.2 Å². The maximum Gasteiger partial charge on any atom is 0.259 e. The van der Waals surface area contributed by atoms with Gasteiger partial charge in [0.1, 0.15) is 24.3 Å². The summed E-state index contributed by atoms with van der Waals surface area (Å²) in [6, 6.07) is 16.5. The molecule has 36 heavy (non-hydrogen) atoms. The average molecular weight is 506 g/mol. The second kappa shape index (κ2) is 10.4. The Labute approximate surface area is 210 Å². The van der Waals surface area contributed by atoms with Crippen molar-refractivity contribution in [2.75, 3.05) is 11.9 Å². The fourth-order valence-corrected chi connectivity index (χ4v) is 3.64. The van der Waals surface area contributed by atoms with Gasteiger partial charge in [-0.1, -0.05) is 23.7 Å². The Balaban J connectivity index is 1.34. The molecule has 2 amide bonds. The Kier molecular flexibility index (Phi) is 6.67. The fraction of sp³-hybridized carbons (Fsp3) is 0.120. The zero-order chi connectivity index (χ0) is 24.9. The van der Waals surface area contributed by atoms with Crippen LogP contribution in [0.2, 0.25) is 5.02 Å². The summed E-state index contributed by atoms with van der Waals surface area (Å²) in [5.41, 5.74) is 1.87. The van der Waals surface area contributed by atoms with Gasteiger partial charge >= 0.3 is 0 Å². The van der Waals surface area contributed by atoms with Crippen LogP contribution >= 0.6 is 11.6 Å². The molecule has 0 fully saturated rings. The van der Waals surface area contributed by atoms with Crippen molar-refractivity contribution in [3.05, 3.63) is 95.6 Å². The van der Waals surface area contributed by atoms with E-state index in [4.69, 9.17) is 25.3 Å². The van der Waals surface area contributed by atoms with Gasteiger partial charge in [0, 0.05) is 16.8 Å². The van der Waals surface area contributed by atoms with Gasteiger partial charge < -0.3 is 24.3 Å². The largest absolute Gasteiger partial charge is 0.472 e. The third-order valence-electron chi connectivity index (χ3n) is 5.33. The molecule has 0 aliphatic carbocycles. The molecule has 4 aromatic rings. The lowest BCUT2D eigenvalue weighted by atomic mass is 10.1. The summed E-state index contributed by atoms with van der Waals surface area (Å²) >= 11 is 6.01. The van der Waals surface area contributed by atoms with Crippen molar-refractivity contribution in [3.63, 3.8) is 0 Å². The molecule has 2 N–H and O–H groups in total. The summed E-state index contributed by atoms with van der Waals surface area (Å²) in [6.45, 7) is 0.308. The number of nitrogens with zero attached hydrogens (tertiary/aromatic N) is 3. The minimum absolute atomic E-state index is 0.0786. The number of aromatic nitrogens is 1. The minimum Gasteiger partial charge on any atom is -0.472 e. The predicted octanol–water partition coefficient (Wildman–Crippen LogP) is 4.32. The number of amides is 2. The van der Waals surface area contributed by atoms with Crippen LogP contribution < -0.4 is 15.4 Å². The molecule has 1 atom stereocenters.